The monoisotopic (exact) mass is 239 g/mol. The van der Waals surface area contributed by atoms with Gasteiger partial charge in [0.05, 0.1) is 18.0 Å². The zero-order chi connectivity index (χ0) is 12.0. The van der Waals surface area contributed by atoms with Crippen LogP contribution in [0.2, 0.25) is 0 Å². The van der Waals surface area contributed by atoms with Crippen LogP contribution in [-0.4, -0.2) is 24.7 Å². The molecule has 1 aromatic rings. The molecule has 0 aliphatic rings. The zero-order valence-corrected chi connectivity index (χ0v) is 9.79. The number of carbonyl (C=O) groups excluding carboxylic acids is 1. The molecule has 0 radical (unpaired) electrons. The van der Waals surface area contributed by atoms with Crippen LogP contribution in [0.3, 0.4) is 0 Å². The molecule has 0 atom stereocenters. The molecule has 0 heterocycles. The topological polar surface area (TPSA) is 67.5 Å². The minimum Gasteiger partial charge on any atom is -0.386 e. The van der Waals surface area contributed by atoms with Crippen LogP contribution in [0.25, 0.3) is 0 Å². The van der Waals surface area contributed by atoms with Gasteiger partial charge >= 0.3 is 0 Å². The second-order valence-corrected chi connectivity index (χ2v) is 3.48. The summed E-state index contributed by atoms with van der Waals surface area (Å²) in [4.78, 5) is 15.4. The average Bonchev–Trinajstić information content (AvgIpc) is 2.31. The number of alkyl halides is 1. The summed E-state index contributed by atoms with van der Waals surface area (Å²) in [7, 11) is 1.60. The molecule has 5 heteroatoms. The average molecular weight is 240 g/mol. The minimum atomic E-state index is -0.0629. The fraction of sp³-hybridized carbons (Fsp3) is 0.273. The predicted octanol–water partition coefficient (Wildman–Crippen LogP) is 1.20. The highest BCUT2D eigenvalue weighted by atomic mass is 35.5. The molecule has 86 valence electrons. The van der Waals surface area contributed by atoms with Gasteiger partial charge in [0.15, 0.2) is 0 Å². The third-order valence-corrected chi connectivity index (χ3v) is 2.30. The summed E-state index contributed by atoms with van der Waals surface area (Å²) in [6.07, 6.45) is 0.283. The number of aliphatic imine (C=N–C) groups is 1. The van der Waals surface area contributed by atoms with Gasteiger partial charge in [-0.3, -0.25) is 4.79 Å². The maximum absolute atomic E-state index is 11.3. The number of hydrogen-bond donors (Lipinski definition) is 2. The highest BCUT2D eigenvalue weighted by Gasteiger charge is 2.05. The SMILES string of the molecule is CNC(=O)Cc1ccccc1N=C(N)CCl. The van der Waals surface area contributed by atoms with E-state index in [1.165, 1.54) is 0 Å². The molecule has 0 fully saturated rings. The summed E-state index contributed by atoms with van der Waals surface area (Å²) < 4.78 is 0. The first-order valence-electron chi connectivity index (χ1n) is 4.85. The van der Waals surface area contributed by atoms with E-state index in [-0.39, 0.29) is 18.2 Å². The third-order valence-electron chi connectivity index (χ3n) is 2.02. The van der Waals surface area contributed by atoms with E-state index in [2.05, 4.69) is 10.3 Å². The fourth-order valence-corrected chi connectivity index (χ4v) is 1.28. The molecule has 0 unspecified atom stereocenters. The number of halogens is 1. The van der Waals surface area contributed by atoms with Crippen molar-refractivity contribution in [1.29, 1.82) is 0 Å². The molecular formula is C11H14ClN3O. The summed E-state index contributed by atoms with van der Waals surface area (Å²) >= 11 is 5.55. The van der Waals surface area contributed by atoms with Gasteiger partial charge in [0.25, 0.3) is 0 Å². The van der Waals surface area contributed by atoms with E-state index in [1.807, 2.05) is 18.2 Å². The highest BCUT2D eigenvalue weighted by molar-refractivity contribution is 6.28. The van der Waals surface area contributed by atoms with Gasteiger partial charge in [-0.05, 0) is 11.6 Å². The summed E-state index contributed by atoms with van der Waals surface area (Å²) in [6, 6.07) is 7.34. The van der Waals surface area contributed by atoms with Crippen molar-refractivity contribution in [2.75, 3.05) is 12.9 Å². The van der Waals surface area contributed by atoms with Crippen LogP contribution in [0.4, 0.5) is 5.69 Å². The standard InChI is InChI=1S/C11H14ClN3O/c1-14-11(16)6-8-4-2-3-5-9(8)15-10(13)7-12/h2-5H,6-7H2,1H3,(H2,13,15)(H,14,16). The van der Waals surface area contributed by atoms with Gasteiger partial charge < -0.3 is 11.1 Å². The van der Waals surface area contributed by atoms with Gasteiger partial charge in [-0.2, -0.15) is 0 Å². The van der Waals surface area contributed by atoms with Crippen LogP contribution in [-0.2, 0) is 11.2 Å². The van der Waals surface area contributed by atoms with Crippen molar-refractivity contribution in [2.24, 2.45) is 10.7 Å². The van der Waals surface area contributed by atoms with Gasteiger partial charge in [0, 0.05) is 7.05 Å². The first-order valence-corrected chi connectivity index (χ1v) is 5.38. The number of nitrogens with one attached hydrogen (secondary N) is 1. The smallest absolute Gasteiger partial charge is 0.224 e. The lowest BCUT2D eigenvalue weighted by Crippen LogP contribution is -2.20. The lowest BCUT2D eigenvalue weighted by molar-refractivity contribution is -0.119. The number of likely N-dealkylation sites (N-methyl/N-ethyl adjacent to an activating group) is 1. The molecule has 0 spiro atoms. The number of rotatable bonds is 4. The fourth-order valence-electron chi connectivity index (χ4n) is 1.22. The van der Waals surface area contributed by atoms with Crippen LogP contribution in [0, 0.1) is 0 Å². The maximum Gasteiger partial charge on any atom is 0.224 e. The summed E-state index contributed by atoms with van der Waals surface area (Å²) in [5.41, 5.74) is 7.07. The number of para-hydroxylation sites is 1. The molecule has 0 aliphatic heterocycles. The van der Waals surface area contributed by atoms with Crippen molar-refractivity contribution in [2.45, 2.75) is 6.42 Å². The molecule has 1 rings (SSSR count). The van der Waals surface area contributed by atoms with E-state index in [4.69, 9.17) is 17.3 Å². The molecule has 0 saturated carbocycles. The quantitative estimate of drug-likeness (QED) is 0.471. The third kappa shape index (κ3) is 3.55. The van der Waals surface area contributed by atoms with E-state index >= 15 is 0 Å². The van der Waals surface area contributed by atoms with E-state index in [0.29, 0.717) is 11.5 Å². The maximum atomic E-state index is 11.3. The lowest BCUT2D eigenvalue weighted by atomic mass is 10.1. The van der Waals surface area contributed by atoms with Gasteiger partial charge in [-0.1, -0.05) is 18.2 Å². The Kier molecular flexibility index (Phi) is 4.79. The normalized spacial score (nSPS) is 11.2. The molecule has 0 bridgehead atoms. The summed E-state index contributed by atoms with van der Waals surface area (Å²) in [6.45, 7) is 0. The molecular weight excluding hydrogens is 226 g/mol. The number of nitrogens with two attached hydrogens (primary N) is 1. The van der Waals surface area contributed by atoms with Crippen LogP contribution in [0.1, 0.15) is 5.56 Å². The van der Waals surface area contributed by atoms with Crippen molar-refractivity contribution in [3.05, 3.63) is 29.8 Å². The van der Waals surface area contributed by atoms with Gasteiger partial charge in [-0.15, -0.1) is 11.6 Å². The second kappa shape index (κ2) is 6.12. The molecule has 16 heavy (non-hydrogen) atoms. The molecule has 1 aromatic carbocycles. The van der Waals surface area contributed by atoms with E-state index < -0.39 is 0 Å². The van der Waals surface area contributed by atoms with Crippen molar-refractivity contribution in [3.63, 3.8) is 0 Å². The molecule has 0 aliphatic carbocycles. The van der Waals surface area contributed by atoms with Gasteiger partial charge in [-0.25, -0.2) is 4.99 Å². The second-order valence-electron chi connectivity index (χ2n) is 3.22. The number of carbonyl (C=O) groups is 1. The van der Waals surface area contributed by atoms with E-state index in [0.717, 1.165) is 5.56 Å². The lowest BCUT2D eigenvalue weighted by Gasteiger charge is -2.05. The largest absolute Gasteiger partial charge is 0.386 e. The van der Waals surface area contributed by atoms with Crippen LogP contribution in [0.5, 0.6) is 0 Å². The Morgan fingerprint density at radius 3 is 2.81 bits per heavy atom. The first-order chi connectivity index (χ1) is 7.67. The number of nitrogens with zero attached hydrogens (tertiary/aromatic N) is 1. The molecule has 1 amide bonds. The molecule has 3 N–H and O–H groups in total. The van der Waals surface area contributed by atoms with Crippen LogP contribution in [0.15, 0.2) is 29.3 Å². The number of hydrogen-bond acceptors (Lipinski definition) is 2. The highest BCUT2D eigenvalue weighted by Crippen LogP contribution is 2.19. The van der Waals surface area contributed by atoms with Crippen LogP contribution < -0.4 is 11.1 Å². The number of benzene rings is 1. The predicted molar refractivity (Wildman–Crippen MR) is 66.2 cm³/mol. The Balaban J connectivity index is 2.96. The number of amidine groups is 1. The van der Waals surface area contributed by atoms with Crippen molar-refractivity contribution in [1.82, 2.24) is 5.32 Å². The summed E-state index contributed by atoms with van der Waals surface area (Å²) in [5, 5.41) is 2.56. The molecule has 0 saturated heterocycles. The van der Waals surface area contributed by atoms with Crippen molar-refractivity contribution in [3.8, 4) is 0 Å². The van der Waals surface area contributed by atoms with Crippen molar-refractivity contribution >= 4 is 29.0 Å². The van der Waals surface area contributed by atoms with Crippen molar-refractivity contribution < 1.29 is 4.79 Å². The van der Waals surface area contributed by atoms with E-state index in [1.54, 1.807) is 13.1 Å². The Morgan fingerprint density at radius 1 is 1.50 bits per heavy atom. The van der Waals surface area contributed by atoms with Gasteiger partial charge in [0.1, 0.15) is 5.84 Å². The minimum absolute atomic E-state index is 0.0629. The van der Waals surface area contributed by atoms with Gasteiger partial charge in [0.2, 0.25) is 5.91 Å². The van der Waals surface area contributed by atoms with Crippen LogP contribution >= 0.6 is 11.6 Å². The Bertz CT molecular complexity index is 404. The molecule has 0 aromatic heterocycles. The zero-order valence-electron chi connectivity index (χ0n) is 9.03. The van der Waals surface area contributed by atoms with E-state index in [9.17, 15) is 4.79 Å². The number of amides is 1. The molecule has 4 nitrogen and oxygen atoms in total. The Labute approximate surface area is 99.5 Å². The Hall–Kier alpha value is -1.55. The first kappa shape index (κ1) is 12.5. The summed E-state index contributed by atoms with van der Waals surface area (Å²) in [5.74, 6) is 0.451. The Morgan fingerprint density at radius 2 is 2.19 bits per heavy atom.